The predicted octanol–water partition coefficient (Wildman–Crippen LogP) is 4.60. The monoisotopic (exact) mass is 430 g/mol. The van der Waals surface area contributed by atoms with Crippen molar-refractivity contribution in [1.82, 2.24) is 4.31 Å². The smallest absolute Gasteiger partial charge is 0.256 e. The van der Waals surface area contributed by atoms with E-state index in [1.807, 2.05) is 26.0 Å². The first-order chi connectivity index (χ1) is 14.3. The number of benzene rings is 2. The zero-order chi connectivity index (χ0) is 21.7. The van der Waals surface area contributed by atoms with Crippen LogP contribution in [0.1, 0.15) is 55.5 Å². The van der Waals surface area contributed by atoms with Gasteiger partial charge in [0, 0.05) is 18.2 Å². The standard InChI is InChI=1S/C23H30N2O4S/c1-4-15-29-22-11-6-5-10-21(22)24-23(26)20-16-19(13-12-17(20)2)30(27,28)25-14-8-7-9-18(25)3/h5-6,10-13,16,18H,4,7-9,14-15H2,1-3H3,(H,24,26)/t18-/m0/s1. The summed E-state index contributed by atoms with van der Waals surface area (Å²) in [4.78, 5) is 13.2. The molecule has 0 bridgehead atoms. The number of sulfonamides is 1. The van der Waals surface area contributed by atoms with E-state index in [2.05, 4.69) is 5.32 Å². The first-order valence-electron chi connectivity index (χ1n) is 10.5. The molecule has 3 rings (SSSR count). The number of anilines is 1. The highest BCUT2D eigenvalue weighted by molar-refractivity contribution is 7.89. The summed E-state index contributed by atoms with van der Waals surface area (Å²) in [6.07, 6.45) is 3.61. The maximum Gasteiger partial charge on any atom is 0.256 e. The molecule has 0 saturated carbocycles. The summed E-state index contributed by atoms with van der Waals surface area (Å²) in [6, 6.07) is 12.0. The molecule has 0 spiro atoms. The van der Waals surface area contributed by atoms with Crippen LogP contribution >= 0.6 is 0 Å². The summed E-state index contributed by atoms with van der Waals surface area (Å²) in [5.41, 5.74) is 1.62. The minimum atomic E-state index is -3.65. The van der Waals surface area contributed by atoms with Gasteiger partial charge in [0.25, 0.3) is 5.91 Å². The molecular formula is C23H30N2O4S. The van der Waals surface area contributed by atoms with Gasteiger partial charge in [-0.25, -0.2) is 8.42 Å². The van der Waals surface area contributed by atoms with Crippen LogP contribution < -0.4 is 10.1 Å². The Labute approximate surface area is 179 Å². The molecule has 1 heterocycles. The summed E-state index contributed by atoms with van der Waals surface area (Å²) >= 11 is 0. The number of rotatable bonds is 7. The van der Waals surface area contributed by atoms with Crippen molar-refractivity contribution in [1.29, 1.82) is 0 Å². The van der Waals surface area contributed by atoms with Gasteiger partial charge in [-0.05, 0) is 62.9 Å². The Hall–Kier alpha value is -2.38. The number of carbonyl (C=O) groups excluding carboxylic acids is 1. The number of hydrogen-bond donors (Lipinski definition) is 1. The number of carbonyl (C=O) groups is 1. The molecule has 1 aliphatic heterocycles. The molecule has 2 aromatic carbocycles. The minimum absolute atomic E-state index is 0.0371. The number of aryl methyl sites for hydroxylation is 1. The largest absolute Gasteiger partial charge is 0.491 e. The zero-order valence-corrected chi connectivity index (χ0v) is 18.7. The molecule has 0 radical (unpaired) electrons. The van der Waals surface area contributed by atoms with Crippen molar-refractivity contribution in [3.63, 3.8) is 0 Å². The summed E-state index contributed by atoms with van der Waals surface area (Å²) in [5, 5.41) is 2.87. The highest BCUT2D eigenvalue weighted by Gasteiger charge is 2.31. The van der Waals surface area contributed by atoms with E-state index in [1.54, 1.807) is 35.5 Å². The molecule has 30 heavy (non-hydrogen) atoms. The van der Waals surface area contributed by atoms with Gasteiger partial charge in [0.2, 0.25) is 10.0 Å². The fraction of sp³-hybridized carbons (Fsp3) is 0.435. The highest BCUT2D eigenvalue weighted by atomic mass is 32.2. The molecule has 1 saturated heterocycles. The molecule has 162 valence electrons. The third-order valence-corrected chi connectivity index (χ3v) is 7.41. The Kier molecular flexibility index (Phi) is 7.15. The predicted molar refractivity (Wildman–Crippen MR) is 119 cm³/mol. The van der Waals surface area contributed by atoms with Crippen LogP contribution in [0.4, 0.5) is 5.69 Å². The molecule has 6 nitrogen and oxygen atoms in total. The first kappa shape index (κ1) is 22.3. The number of nitrogens with zero attached hydrogens (tertiary/aromatic N) is 1. The van der Waals surface area contributed by atoms with Gasteiger partial charge < -0.3 is 10.1 Å². The minimum Gasteiger partial charge on any atom is -0.491 e. The van der Waals surface area contributed by atoms with Crippen molar-refractivity contribution in [2.45, 2.75) is 57.4 Å². The van der Waals surface area contributed by atoms with Gasteiger partial charge in [-0.15, -0.1) is 0 Å². The number of nitrogens with one attached hydrogen (secondary N) is 1. The van der Waals surface area contributed by atoms with Crippen molar-refractivity contribution in [3.05, 3.63) is 53.6 Å². The number of amides is 1. The second kappa shape index (κ2) is 9.62. The molecule has 0 aliphatic carbocycles. The third-order valence-electron chi connectivity index (χ3n) is 5.40. The van der Waals surface area contributed by atoms with Gasteiger partial charge in [0.15, 0.2) is 0 Å². The van der Waals surface area contributed by atoms with Crippen molar-refractivity contribution >= 4 is 21.6 Å². The van der Waals surface area contributed by atoms with E-state index < -0.39 is 10.0 Å². The van der Waals surface area contributed by atoms with E-state index in [4.69, 9.17) is 4.74 Å². The number of piperidine rings is 1. The average molecular weight is 431 g/mol. The van der Waals surface area contributed by atoms with E-state index in [0.29, 0.717) is 35.7 Å². The normalized spacial score (nSPS) is 17.5. The molecule has 1 fully saturated rings. The molecule has 1 amide bonds. The summed E-state index contributed by atoms with van der Waals surface area (Å²) in [7, 11) is -3.65. The van der Waals surface area contributed by atoms with Crippen LogP contribution in [0.25, 0.3) is 0 Å². The molecule has 1 aliphatic rings. The topological polar surface area (TPSA) is 75.7 Å². The lowest BCUT2D eigenvalue weighted by molar-refractivity contribution is 0.102. The SMILES string of the molecule is CCCOc1ccccc1NC(=O)c1cc(S(=O)(=O)N2CCCC[C@@H]2C)ccc1C. The fourth-order valence-electron chi connectivity index (χ4n) is 3.67. The Morgan fingerprint density at radius 3 is 2.70 bits per heavy atom. The summed E-state index contributed by atoms with van der Waals surface area (Å²) < 4.78 is 33.6. The fourth-order valence-corrected chi connectivity index (χ4v) is 5.39. The van der Waals surface area contributed by atoms with Crippen LogP contribution in [0.3, 0.4) is 0 Å². The molecule has 0 unspecified atom stereocenters. The third kappa shape index (κ3) is 4.84. The molecular weight excluding hydrogens is 400 g/mol. The van der Waals surface area contributed by atoms with Crippen molar-refractivity contribution < 1.29 is 17.9 Å². The second-order valence-electron chi connectivity index (χ2n) is 7.74. The van der Waals surface area contributed by atoms with E-state index in [-0.39, 0.29) is 16.8 Å². The average Bonchev–Trinajstić information content (AvgIpc) is 2.73. The van der Waals surface area contributed by atoms with Gasteiger partial charge in [-0.1, -0.05) is 31.5 Å². The number of hydrogen-bond acceptors (Lipinski definition) is 4. The first-order valence-corrected chi connectivity index (χ1v) is 11.9. The van der Waals surface area contributed by atoms with Crippen LogP contribution in [0, 0.1) is 6.92 Å². The van der Waals surface area contributed by atoms with Crippen LogP contribution in [0.2, 0.25) is 0 Å². The van der Waals surface area contributed by atoms with Crippen LogP contribution in [-0.2, 0) is 10.0 Å². The molecule has 0 aromatic heterocycles. The highest BCUT2D eigenvalue weighted by Crippen LogP contribution is 2.28. The molecule has 2 aromatic rings. The van der Waals surface area contributed by atoms with Gasteiger partial charge in [0.1, 0.15) is 5.75 Å². The van der Waals surface area contributed by atoms with Crippen molar-refractivity contribution in [2.24, 2.45) is 0 Å². The summed E-state index contributed by atoms with van der Waals surface area (Å²) in [6.45, 7) is 6.81. The summed E-state index contributed by atoms with van der Waals surface area (Å²) in [5.74, 6) is 0.236. The van der Waals surface area contributed by atoms with Gasteiger partial charge >= 0.3 is 0 Å². The maximum absolute atomic E-state index is 13.2. The maximum atomic E-state index is 13.2. The van der Waals surface area contributed by atoms with Crippen molar-refractivity contribution in [3.8, 4) is 5.75 Å². The Morgan fingerprint density at radius 1 is 1.20 bits per heavy atom. The quantitative estimate of drug-likeness (QED) is 0.697. The Balaban J connectivity index is 1.88. The Morgan fingerprint density at radius 2 is 1.97 bits per heavy atom. The Bertz CT molecular complexity index is 1000. The lowest BCUT2D eigenvalue weighted by Crippen LogP contribution is -2.42. The number of ether oxygens (including phenoxy) is 1. The van der Waals surface area contributed by atoms with Crippen molar-refractivity contribution in [2.75, 3.05) is 18.5 Å². The van der Waals surface area contributed by atoms with Crippen LogP contribution in [-0.4, -0.2) is 37.8 Å². The van der Waals surface area contributed by atoms with E-state index >= 15 is 0 Å². The van der Waals surface area contributed by atoms with Gasteiger partial charge in [-0.3, -0.25) is 4.79 Å². The molecule has 1 atom stereocenters. The van der Waals surface area contributed by atoms with E-state index in [9.17, 15) is 13.2 Å². The molecule has 1 N–H and O–H groups in total. The zero-order valence-electron chi connectivity index (χ0n) is 17.8. The van der Waals surface area contributed by atoms with E-state index in [1.165, 1.54) is 6.07 Å². The van der Waals surface area contributed by atoms with E-state index in [0.717, 1.165) is 25.7 Å². The lowest BCUT2D eigenvalue weighted by Gasteiger charge is -2.32. The van der Waals surface area contributed by atoms with Gasteiger partial charge in [-0.2, -0.15) is 4.31 Å². The lowest BCUT2D eigenvalue weighted by atomic mass is 10.1. The van der Waals surface area contributed by atoms with Crippen LogP contribution in [0.15, 0.2) is 47.4 Å². The van der Waals surface area contributed by atoms with Gasteiger partial charge in [0.05, 0.1) is 17.2 Å². The molecule has 7 heteroatoms. The number of para-hydroxylation sites is 2. The second-order valence-corrected chi connectivity index (χ2v) is 9.63. The van der Waals surface area contributed by atoms with Crippen LogP contribution in [0.5, 0.6) is 5.75 Å².